The van der Waals surface area contributed by atoms with Gasteiger partial charge in [-0.15, -0.1) is 0 Å². The summed E-state index contributed by atoms with van der Waals surface area (Å²) in [4.78, 5) is 0. The molecule has 3 unspecified atom stereocenters. The molecule has 0 aromatic heterocycles. The van der Waals surface area contributed by atoms with Crippen molar-refractivity contribution in [3.05, 3.63) is 54.1 Å². The largest absolute Gasteiger partial charge is 0.486 e. The molecule has 0 amide bonds. The first-order valence-electron chi connectivity index (χ1n) is 5.40. The molecule has 1 nitrogen and oxygen atoms in total. The average molecular weight is 198 g/mol. The molecule has 15 heavy (non-hydrogen) atoms. The molecule has 1 aliphatic carbocycles. The second kappa shape index (κ2) is 2.99. The fraction of sp³-hybridized carbons (Fsp3) is 0.286. The molecule has 3 atom stereocenters. The van der Waals surface area contributed by atoms with Crippen molar-refractivity contribution < 1.29 is 4.74 Å². The minimum atomic E-state index is 0.218. The van der Waals surface area contributed by atoms with Gasteiger partial charge in [-0.3, -0.25) is 0 Å². The minimum Gasteiger partial charge on any atom is -0.486 e. The summed E-state index contributed by atoms with van der Waals surface area (Å²) < 4.78 is 5.94. The van der Waals surface area contributed by atoms with Gasteiger partial charge in [0.25, 0.3) is 0 Å². The second-order valence-corrected chi connectivity index (χ2v) is 4.39. The number of ether oxygens (including phenoxy) is 1. The van der Waals surface area contributed by atoms with Crippen LogP contribution in [0.1, 0.15) is 18.4 Å². The summed E-state index contributed by atoms with van der Waals surface area (Å²) in [6, 6.07) is 8.29. The van der Waals surface area contributed by atoms with Gasteiger partial charge in [-0.2, -0.15) is 0 Å². The lowest BCUT2D eigenvalue weighted by molar-refractivity contribution is 0.146. The molecule has 1 heteroatoms. The zero-order chi connectivity index (χ0) is 10.4. The highest BCUT2D eigenvalue weighted by atomic mass is 16.5. The summed E-state index contributed by atoms with van der Waals surface area (Å²) in [5.74, 6) is 1.96. The van der Waals surface area contributed by atoms with Gasteiger partial charge in [0.2, 0.25) is 0 Å². The Balaban J connectivity index is 2.19. The zero-order valence-corrected chi connectivity index (χ0v) is 8.81. The average Bonchev–Trinajstić information content (AvgIpc) is 2.23. The summed E-state index contributed by atoms with van der Waals surface area (Å²) in [7, 11) is 0. The molecular weight excluding hydrogens is 184 g/mol. The lowest BCUT2D eigenvalue weighted by Crippen LogP contribution is -2.35. The van der Waals surface area contributed by atoms with Crippen molar-refractivity contribution in [2.75, 3.05) is 0 Å². The molecule has 0 spiro atoms. The molecule has 0 saturated carbocycles. The third kappa shape index (κ3) is 1.16. The number of rotatable bonds is 0. The van der Waals surface area contributed by atoms with Gasteiger partial charge in [0.1, 0.15) is 11.9 Å². The van der Waals surface area contributed by atoms with Crippen LogP contribution >= 0.6 is 0 Å². The Kier molecular flexibility index (Phi) is 1.75. The molecule has 0 fully saturated rings. The number of para-hydroxylation sites is 1. The van der Waals surface area contributed by atoms with Crippen LogP contribution in [0.2, 0.25) is 0 Å². The number of hydrogen-bond acceptors (Lipinski definition) is 1. The van der Waals surface area contributed by atoms with Crippen LogP contribution in [-0.2, 0) is 0 Å². The summed E-state index contributed by atoms with van der Waals surface area (Å²) in [5.41, 5.74) is 2.49. The fourth-order valence-electron chi connectivity index (χ4n) is 2.65. The van der Waals surface area contributed by atoms with Gasteiger partial charge in [-0.1, -0.05) is 37.8 Å². The van der Waals surface area contributed by atoms with Crippen LogP contribution in [0, 0.1) is 5.92 Å². The third-order valence-electron chi connectivity index (χ3n) is 3.46. The summed E-state index contributed by atoms with van der Waals surface area (Å²) >= 11 is 0. The van der Waals surface area contributed by atoms with Gasteiger partial charge in [0, 0.05) is 17.4 Å². The molecule has 2 bridgehead atoms. The Labute approximate surface area is 90.1 Å². The molecule has 1 heterocycles. The monoisotopic (exact) mass is 198 g/mol. The highest BCUT2D eigenvalue weighted by Crippen LogP contribution is 2.46. The first-order chi connectivity index (χ1) is 7.27. The Hall–Kier alpha value is -1.50. The van der Waals surface area contributed by atoms with Crippen LogP contribution < -0.4 is 4.74 Å². The van der Waals surface area contributed by atoms with E-state index in [-0.39, 0.29) is 6.10 Å². The second-order valence-electron chi connectivity index (χ2n) is 4.39. The van der Waals surface area contributed by atoms with E-state index in [0.29, 0.717) is 11.8 Å². The van der Waals surface area contributed by atoms with E-state index in [0.717, 1.165) is 5.75 Å². The van der Waals surface area contributed by atoms with E-state index in [4.69, 9.17) is 4.74 Å². The quantitative estimate of drug-likeness (QED) is 0.621. The summed E-state index contributed by atoms with van der Waals surface area (Å²) in [5, 5.41) is 0. The summed E-state index contributed by atoms with van der Waals surface area (Å²) in [6.07, 6.45) is 4.44. The minimum absolute atomic E-state index is 0.218. The third-order valence-corrected chi connectivity index (χ3v) is 3.46. The van der Waals surface area contributed by atoms with E-state index >= 15 is 0 Å². The van der Waals surface area contributed by atoms with Crippen LogP contribution in [0.4, 0.5) is 0 Å². The van der Waals surface area contributed by atoms with Crippen molar-refractivity contribution >= 4 is 0 Å². The first-order valence-corrected chi connectivity index (χ1v) is 5.40. The van der Waals surface area contributed by atoms with Crippen LogP contribution in [0.15, 0.2) is 48.6 Å². The zero-order valence-electron chi connectivity index (χ0n) is 8.81. The van der Waals surface area contributed by atoms with Crippen LogP contribution in [0.25, 0.3) is 0 Å². The van der Waals surface area contributed by atoms with Gasteiger partial charge in [-0.25, -0.2) is 0 Å². The first kappa shape index (κ1) is 8.78. The lowest BCUT2D eigenvalue weighted by Gasteiger charge is -2.39. The maximum absolute atomic E-state index is 5.94. The Morgan fingerprint density at radius 3 is 2.93 bits per heavy atom. The van der Waals surface area contributed by atoms with Crippen molar-refractivity contribution in [2.45, 2.75) is 18.9 Å². The van der Waals surface area contributed by atoms with Crippen LogP contribution in [0.5, 0.6) is 5.75 Å². The Bertz CT molecular complexity index is 444. The van der Waals surface area contributed by atoms with E-state index < -0.39 is 0 Å². The van der Waals surface area contributed by atoms with E-state index in [1.807, 2.05) is 12.1 Å². The number of fused-ring (bicyclic) bond motifs is 4. The van der Waals surface area contributed by atoms with E-state index in [2.05, 4.69) is 37.8 Å². The van der Waals surface area contributed by atoms with Crippen molar-refractivity contribution in [1.82, 2.24) is 0 Å². The molecule has 0 saturated heterocycles. The lowest BCUT2D eigenvalue weighted by atomic mass is 9.73. The van der Waals surface area contributed by atoms with Gasteiger partial charge in [0.05, 0.1) is 0 Å². The maximum Gasteiger partial charge on any atom is 0.124 e. The van der Waals surface area contributed by atoms with Gasteiger partial charge >= 0.3 is 0 Å². The van der Waals surface area contributed by atoms with Gasteiger partial charge < -0.3 is 4.74 Å². The predicted molar refractivity (Wildman–Crippen MR) is 61.0 cm³/mol. The van der Waals surface area contributed by atoms with Gasteiger partial charge in [-0.05, 0) is 17.7 Å². The van der Waals surface area contributed by atoms with Gasteiger partial charge in [0.15, 0.2) is 0 Å². The van der Waals surface area contributed by atoms with Crippen LogP contribution in [-0.4, -0.2) is 6.10 Å². The number of benzene rings is 1. The SMILES string of the molecule is C=C1C=CC2Oc3ccccc3C1C2C. The van der Waals surface area contributed by atoms with Crippen molar-refractivity contribution in [2.24, 2.45) is 5.92 Å². The topological polar surface area (TPSA) is 9.23 Å². The van der Waals surface area contributed by atoms with Crippen LogP contribution in [0.3, 0.4) is 0 Å². The normalized spacial score (nSPS) is 32.1. The van der Waals surface area contributed by atoms with Crippen molar-refractivity contribution in [1.29, 1.82) is 0 Å². The molecule has 1 aromatic carbocycles. The smallest absolute Gasteiger partial charge is 0.124 e. The summed E-state index contributed by atoms with van der Waals surface area (Å²) in [6.45, 7) is 6.38. The molecule has 1 aromatic rings. The molecule has 1 aliphatic heterocycles. The number of allylic oxidation sites excluding steroid dienone is 2. The molecular formula is C14H14O. The molecule has 76 valence electrons. The highest BCUT2D eigenvalue weighted by Gasteiger charge is 2.37. The van der Waals surface area contributed by atoms with E-state index in [1.54, 1.807) is 0 Å². The molecule has 3 rings (SSSR count). The van der Waals surface area contributed by atoms with E-state index in [9.17, 15) is 0 Å². The number of hydrogen-bond donors (Lipinski definition) is 0. The Morgan fingerprint density at radius 2 is 2.07 bits per heavy atom. The molecule has 2 aliphatic rings. The fourth-order valence-corrected chi connectivity index (χ4v) is 2.65. The standard InChI is InChI=1S/C14H14O/c1-9-7-8-12-10(2)14(9)11-5-3-4-6-13(11)15-12/h3-8,10,12,14H,1H2,2H3. The van der Waals surface area contributed by atoms with Crippen molar-refractivity contribution in [3.63, 3.8) is 0 Å². The molecule has 0 radical (unpaired) electrons. The highest BCUT2D eigenvalue weighted by molar-refractivity contribution is 5.48. The van der Waals surface area contributed by atoms with E-state index in [1.165, 1.54) is 11.1 Å². The molecule has 0 N–H and O–H groups in total. The van der Waals surface area contributed by atoms with Crippen molar-refractivity contribution in [3.8, 4) is 5.75 Å². The Morgan fingerprint density at radius 1 is 1.27 bits per heavy atom. The predicted octanol–water partition coefficient (Wildman–Crippen LogP) is 3.29. The maximum atomic E-state index is 5.94.